The lowest BCUT2D eigenvalue weighted by atomic mass is 10.1. The second kappa shape index (κ2) is 9.86. The molecule has 1 aliphatic heterocycles. The number of barbiturate groups is 1. The largest absolute Gasteiger partial charge is 0.494 e. The third kappa shape index (κ3) is 4.77. The van der Waals surface area contributed by atoms with E-state index in [0.29, 0.717) is 30.3 Å². The van der Waals surface area contributed by atoms with Crippen LogP contribution in [-0.2, 0) is 9.59 Å². The van der Waals surface area contributed by atoms with Gasteiger partial charge in [-0.05, 0) is 65.7 Å². The lowest BCUT2D eigenvalue weighted by Crippen LogP contribution is -2.54. The van der Waals surface area contributed by atoms with Crippen LogP contribution in [0.3, 0.4) is 0 Å². The summed E-state index contributed by atoms with van der Waals surface area (Å²) < 4.78 is 11.9. The molecule has 1 fully saturated rings. The molecule has 2 aromatic carbocycles. The molecule has 0 aromatic heterocycles. The van der Waals surface area contributed by atoms with E-state index in [0.717, 1.165) is 15.1 Å². The Bertz CT molecular complexity index is 1100. The average Bonchev–Trinajstić information content (AvgIpc) is 2.73. The standard InChI is InChI=1S/C23H24BrN3O5/c1-5-31-15-8-10-20(32-6-2)19(13-15)27-22(29)16(21(28)25-23(27)30)11-14-7-9-18(26(3)4)17(24)12-14/h7-13H,5-6H2,1-4H3,(H,25,28,30)/b16-11+. The van der Waals surface area contributed by atoms with Crippen LogP contribution in [0.5, 0.6) is 11.5 Å². The molecule has 0 atom stereocenters. The van der Waals surface area contributed by atoms with Crippen LogP contribution in [-0.4, -0.2) is 45.2 Å². The predicted molar refractivity (Wildman–Crippen MR) is 126 cm³/mol. The molecule has 3 rings (SSSR count). The zero-order valence-corrected chi connectivity index (χ0v) is 19.9. The average molecular weight is 502 g/mol. The zero-order chi connectivity index (χ0) is 23.4. The van der Waals surface area contributed by atoms with Crippen molar-refractivity contribution >= 4 is 51.2 Å². The number of benzene rings is 2. The molecular weight excluding hydrogens is 478 g/mol. The van der Waals surface area contributed by atoms with E-state index in [-0.39, 0.29) is 11.3 Å². The van der Waals surface area contributed by atoms with Crippen molar-refractivity contribution in [3.63, 3.8) is 0 Å². The number of hydrogen-bond donors (Lipinski definition) is 1. The fourth-order valence-electron chi connectivity index (χ4n) is 3.22. The Morgan fingerprint density at radius 1 is 1.03 bits per heavy atom. The number of nitrogens with one attached hydrogen (secondary N) is 1. The molecule has 0 radical (unpaired) electrons. The quantitative estimate of drug-likeness (QED) is 0.456. The maximum Gasteiger partial charge on any atom is 0.336 e. The number of amides is 4. The van der Waals surface area contributed by atoms with E-state index in [1.165, 1.54) is 6.08 Å². The van der Waals surface area contributed by atoms with Crippen LogP contribution < -0.4 is 24.6 Å². The van der Waals surface area contributed by atoms with Gasteiger partial charge in [0.15, 0.2) is 0 Å². The Kier molecular flexibility index (Phi) is 7.19. The Morgan fingerprint density at radius 3 is 2.38 bits per heavy atom. The molecular formula is C23H24BrN3O5. The minimum atomic E-state index is -0.851. The molecule has 0 unspecified atom stereocenters. The first-order valence-electron chi connectivity index (χ1n) is 10.0. The van der Waals surface area contributed by atoms with Gasteiger partial charge in [-0.1, -0.05) is 6.07 Å². The maximum atomic E-state index is 13.3. The highest BCUT2D eigenvalue weighted by Gasteiger charge is 2.38. The summed E-state index contributed by atoms with van der Waals surface area (Å²) in [5.41, 5.74) is 1.60. The molecule has 0 bridgehead atoms. The van der Waals surface area contributed by atoms with Gasteiger partial charge < -0.3 is 14.4 Å². The summed E-state index contributed by atoms with van der Waals surface area (Å²) in [5, 5.41) is 2.24. The predicted octanol–water partition coefficient (Wildman–Crippen LogP) is 3.98. The number of anilines is 2. The van der Waals surface area contributed by atoms with Gasteiger partial charge >= 0.3 is 6.03 Å². The third-order valence-corrected chi connectivity index (χ3v) is 5.28. The Morgan fingerprint density at radius 2 is 1.75 bits per heavy atom. The van der Waals surface area contributed by atoms with Crippen molar-refractivity contribution < 1.29 is 23.9 Å². The highest BCUT2D eigenvalue weighted by atomic mass is 79.9. The maximum absolute atomic E-state index is 13.3. The number of carbonyl (C=O) groups is 3. The molecule has 0 saturated carbocycles. The summed E-state index contributed by atoms with van der Waals surface area (Å²) in [6.07, 6.45) is 1.45. The van der Waals surface area contributed by atoms with Crippen molar-refractivity contribution in [2.24, 2.45) is 0 Å². The van der Waals surface area contributed by atoms with E-state index in [1.54, 1.807) is 37.3 Å². The lowest BCUT2D eigenvalue weighted by Gasteiger charge is -2.28. The van der Waals surface area contributed by atoms with E-state index in [4.69, 9.17) is 9.47 Å². The number of rotatable bonds is 7. The zero-order valence-electron chi connectivity index (χ0n) is 18.3. The number of nitrogens with zero attached hydrogens (tertiary/aromatic N) is 2. The van der Waals surface area contributed by atoms with Gasteiger partial charge in [0.05, 0.1) is 24.6 Å². The van der Waals surface area contributed by atoms with Gasteiger partial charge in [0.1, 0.15) is 17.1 Å². The van der Waals surface area contributed by atoms with Gasteiger partial charge in [0.2, 0.25) is 0 Å². The number of halogens is 1. The minimum Gasteiger partial charge on any atom is -0.494 e. The first-order valence-corrected chi connectivity index (χ1v) is 10.8. The molecule has 4 amide bonds. The van der Waals surface area contributed by atoms with Gasteiger partial charge in [-0.15, -0.1) is 0 Å². The number of ether oxygens (including phenoxy) is 2. The molecule has 8 nitrogen and oxygen atoms in total. The Labute approximate surface area is 194 Å². The molecule has 9 heteroatoms. The molecule has 1 heterocycles. The summed E-state index contributed by atoms with van der Waals surface area (Å²) in [7, 11) is 3.82. The van der Waals surface area contributed by atoms with Crippen molar-refractivity contribution in [3.8, 4) is 11.5 Å². The molecule has 0 aliphatic carbocycles. The molecule has 0 spiro atoms. The SMILES string of the molecule is CCOc1ccc(OCC)c(N2C(=O)NC(=O)/C(=C\c3ccc(N(C)C)c(Br)c3)C2=O)c1. The van der Waals surface area contributed by atoms with Crippen LogP contribution in [0, 0.1) is 0 Å². The Balaban J connectivity index is 2.05. The fraction of sp³-hybridized carbons (Fsp3) is 0.261. The minimum absolute atomic E-state index is 0.168. The van der Waals surface area contributed by atoms with Crippen LogP contribution in [0.2, 0.25) is 0 Å². The van der Waals surface area contributed by atoms with E-state index in [2.05, 4.69) is 21.2 Å². The van der Waals surface area contributed by atoms with Gasteiger partial charge in [-0.25, -0.2) is 9.69 Å². The van der Waals surface area contributed by atoms with E-state index >= 15 is 0 Å². The van der Waals surface area contributed by atoms with Crippen LogP contribution in [0.15, 0.2) is 46.4 Å². The normalized spacial score (nSPS) is 15.1. The van der Waals surface area contributed by atoms with Crippen LogP contribution in [0.1, 0.15) is 19.4 Å². The lowest BCUT2D eigenvalue weighted by molar-refractivity contribution is -0.122. The molecule has 1 saturated heterocycles. The number of urea groups is 1. The van der Waals surface area contributed by atoms with Gasteiger partial charge in [0, 0.05) is 24.6 Å². The summed E-state index contributed by atoms with van der Waals surface area (Å²) in [6, 6.07) is 9.46. The van der Waals surface area contributed by atoms with E-state index in [1.807, 2.05) is 32.0 Å². The smallest absolute Gasteiger partial charge is 0.336 e. The third-order valence-electron chi connectivity index (χ3n) is 4.65. The summed E-state index contributed by atoms with van der Waals surface area (Å²) >= 11 is 3.50. The number of imide groups is 2. The number of hydrogen-bond acceptors (Lipinski definition) is 6. The molecule has 32 heavy (non-hydrogen) atoms. The van der Waals surface area contributed by atoms with Gasteiger partial charge in [-0.3, -0.25) is 14.9 Å². The van der Waals surface area contributed by atoms with Gasteiger partial charge in [0.25, 0.3) is 11.8 Å². The number of carbonyl (C=O) groups excluding carboxylic acids is 3. The summed E-state index contributed by atoms with van der Waals surface area (Å²) in [5.74, 6) is -0.715. The molecule has 1 N–H and O–H groups in total. The van der Waals surface area contributed by atoms with Gasteiger partial charge in [-0.2, -0.15) is 0 Å². The second-order valence-electron chi connectivity index (χ2n) is 7.06. The highest BCUT2D eigenvalue weighted by molar-refractivity contribution is 9.10. The summed E-state index contributed by atoms with van der Waals surface area (Å²) in [6.45, 7) is 4.37. The van der Waals surface area contributed by atoms with Crippen LogP contribution in [0.25, 0.3) is 6.08 Å². The van der Waals surface area contributed by atoms with Crippen molar-refractivity contribution in [3.05, 3.63) is 52.0 Å². The van der Waals surface area contributed by atoms with Crippen LogP contribution in [0.4, 0.5) is 16.2 Å². The van der Waals surface area contributed by atoms with Crippen molar-refractivity contribution in [1.82, 2.24) is 5.32 Å². The molecule has 2 aromatic rings. The highest BCUT2D eigenvalue weighted by Crippen LogP contribution is 2.35. The first kappa shape index (κ1) is 23.3. The van der Waals surface area contributed by atoms with E-state index in [9.17, 15) is 14.4 Å². The first-order chi connectivity index (χ1) is 15.3. The topological polar surface area (TPSA) is 88.2 Å². The monoisotopic (exact) mass is 501 g/mol. The van der Waals surface area contributed by atoms with Crippen LogP contribution >= 0.6 is 15.9 Å². The molecule has 168 valence electrons. The van der Waals surface area contributed by atoms with E-state index < -0.39 is 17.8 Å². The van der Waals surface area contributed by atoms with Crippen molar-refractivity contribution in [2.45, 2.75) is 13.8 Å². The second-order valence-corrected chi connectivity index (χ2v) is 7.91. The molecule has 1 aliphatic rings. The van der Waals surface area contributed by atoms with Crippen molar-refractivity contribution in [2.75, 3.05) is 37.1 Å². The van der Waals surface area contributed by atoms with Crippen molar-refractivity contribution in [1.29, 1.82) is 0 Å². The Hall–Kier alpha value is -3.33. The summed E-state index contributed by atoms with van der Waals surface area (Å²) in [4.78, 5) is 41.3. The fourth-order valence-corrected chi connectivity index (χ4v) is 3.98.